The highest BCUT2D eigenvalue weighted by atomic mass is 16.7. The summed E-state index contributed by atoms with van der Waals surface area (Å²) in [7, 11) is 0. The van der Waals surface area contributed by atoms with E-state index in [4.69, 9.17) is 13.9 Å². The molecule has 0 spiro atoms. The molecule has 5 atom stereocenters. The van der Waals surface area contributed by atoms with Gasteiger partial charge in [0, 0.05) is 11.6 Å². The topological polar surface area (TPSA) is 211 Å². The summed E-state index contributed by atoms with van der Waals surface area (Å²) in [5, 5.41) is 79.6. The largest absolute Gasteiger partial charge is 0.507 e. The zero-order valence-electron chi connectivity index (χ0n) is 16.9. The van der Waals surface area contributed by atoms with Crippen LogP contribution >= 0.6 is 0 Å². The smallest absolute Gasteiger partial charge is 0.238 e. The van der Waals surface area contributed by atoms with E-state index in [9.17, 15) is 45.6 Å². The van der Waals surface area contributed by atoms with E-state index in [1.807, 2.05) is 0 Å². The molecule has 3 aromatic rings. The highest BCUT2D eigenvalue weighted by Crippen LogP contribution is 2.44. The molecule has 2 unspecified atom stereocenters. The molecule has 176 valence electrons. The van der Waals surface area contributed by atoms with Gasteiger partial charge < -0.3 is 54.7 Å². The Labute approximate surface area is 184 Å². The lowest BCUT2D eigenvalue weighted by molar-refractivity contribution is -0.268. The van der Waals surface area contributed by atoms with Crippen molar-refractivity contribution < 1.29 is 54.7 Å². The monoisotopic (exact) mass is 464 g/mol. The van der Waals surface area contributed by atoms with E-state index in [1.54, 1.807) is 0 Å². The van der Waals surface area contributed by atoms with Crippen molar-refractivity contribution in [1.82, 2.24) is 0 Å². The van der Waals surface area contributed by atoms with Crippen LogP contribution in [0.4, 0.5) is 0 Å². The van der Waals surface area contributed by atoms with E-state index < -0.39 is 87.4 Å². The minimum atomic E-state index is -1.77. The van der Waals surface area contributed by atoms with Crippen molar-refractivity contribution in [3.05, 3.63) is 34.5 Å². The quantitative estimate of drug-likeness (QED) is 0.244. The number of benzene rings is 2. The van der Waals surface area contributed by atoms with Gasteiger partial charge in [-0.2, -0.15) is 0 Å². The third kappa shape index (κ3) is 3.64. The summed E-state index contributed by atoms with van der Waals surface area (Å²) in [4.78, 5) is 12.8. The normalized spacial score (nSPS) is 25.3. The molecule has 0 amide bonds. The van der Waals surface area contributed by atoms with Gasteiger partial charge in [0.2, 0.25) is 23.2 Å². The Morgan fingerprint density at radius 2 is 1.55 bits per heavy atom. The van der Waals surface area contributed by atoms with Crippen LogP contribution in [-0.2, 0) is 4.74 Å². The van der Waals surface area contributed by atoms with E-state index in [-0.39, 0.29) is 5.56 Å². The maximum Gasteiger partial charge on any atom is 0.238 e. The first-order chi connectivity index (χ1) is 15.5. The lowest BCUT2D eigenvalue weighted by Crippen LogP contribution is -2.58. The van der Waals surface area contributed by atoms with E-state index in [2.05, 4.69) is 0 Å². The summed E-state index contributed by atoms with van der Waals surface area (Å²) in [5.74, 6) is -4.56. The van der Waals surface area contributed by atoms with Crippen molar-refractivity contribution in [2.45, 2.75) is 37.6 Å². The zero-order chi connectivity index (χ0) is 24.2. The second-order valence-electron chi connectivity index (χ2n) is 7.56. The third-order valence-electron chi connectivity index (χ3n) is 5.34. The number of hydrogen-bond acceptors (Lipinski definition) is 12. The molecule has 8 N–H and O–H groups in total. The summed E-state index contributed by atoms with van der Waals surface area (Å²) >= 11 is 0. The number of phenolic OH excluding ortho intramolecular Hbond substituents is 4. The van der Waals surface area contributed by atoms with Gasteiger partial charge >= 0.3 is 0 Å². The predicted octanol–water partition coefficient (Wildman–Crippen LogP) is 0.194. The Morgan fingerprint density at radius 3 is 2.21 bits per heavy atom. The van der Waals surface area contributed by atoms with Gasteiger partial charge in [0.1, 0.15) is 29.4 Å². The molecule has 1 aliphatic rings. The number of hydrogen-bond donors (Lipinski definition) is 8. The number of aromatic hydroxyl groups is 5. The molecule has 1 fully saturated rings. The minimum Gasteiger partial charge on any atom is -0.507 e. The molecule has 1 saturated heterocycles. The van der Waals surface area contributed by atoms with Crippen molar-refractivity contribution in [2.24, 2.45) is 0 Å². The molecular weight excluding hydrogens is 444 g/mol. The maximum atomic E-state index is 12.8. The van der Waals surface area contributed by atoms with Crippen molar-refractivity contribution in [2.75, 3.05) is 0 Å². The highest BCUT2D eigenvalue weighted by molar-refractivity contribution is 5.93. The second kappa shape index (κ2) is 8.01. The fraction of sp³-hybridized carbons (Fsp3) is 0.286. The van der Waals surface area contributed by atoms with Crippen molar-refractivity contribution in [1.29, 1.82) is 0 Å². The molecule has 1 aliphatic heterocycles. The molecule has 1 aromatic heterocycles. The number of fused-ring (bicyclic) bond motifs is 1. The van der Waals surface area contributed by atoms with E-state index in [1.165, 1.54) is 13.0 Å². The van der Waals surface area contributed by atoms with Crippen LogP contribution in [0.1, 0.15) is 6.92 Å². The van der Waals surface area contributed by atoms with Gasteiger partial charge in [-0.1, -0.05) is 0 Å². The fourth-order valence-corrected chi connectivity index (χ4v) is 3.50. The highest BCUT2D eigenvalue weighted by Gasteiger charge is 2.44. The van der Waals surface area contributed by atoms with Crippen molar-refractivity contribution in [3.8, 4) is 45.8 Å². The number of aliphatic hydroxyl groups excluding tert-OH is 3. The molecule has 33 heavy (non-hydrogen) atoms. The summed E-state index contributed by atoms with van der Waals surface area (Å²) in [6.07, 6.45) is -7.45. The van der Waals surface area contributed by atoms with Gasteiger partial charge in [-0.15, -0.1) is 0 Å². The second-order valence-corrected chi connectivity index (χ2v) is 7.56. The summed E-state index contributed by atoms with van der Waals surface area (Å²) in [6.45, 7) is 1.40. The molecule has 0 aliphatic carbocycles. The van der Waals surface area contributed by atoms with Gasteiger partial charge in [-0.3, -0.25) is 4.79 Å². The molecule has 0 bridgehead atoms. The van der Waals surface area contributed by atoms with E-state index in [0.717, 1.165) is 18.2 Å². The van der Waals surface area contributed by atoms with Gasteiger partial charge in [0.05, 0.1) is 6.10 Å². The molecule has 0 saturated carbocycles. The Bertz CT molecular complexity index is 1280. The number of phenols is 4. The SMILES string of the molecule is C[C@@H]1O[C@@H](Oc2c(O)cc(O)c3c(=O)c(O)c(-c4ccc(O)c(O)c4)oc23)C(O)C(O)[C@H]1O. The standard InChI is InChI=1S/C21H20O12/c1-6-13(26)15(28)17(30)21(31-6)33-19-11(25)5-10(24)12-14(27)16(29)18(32-20(12)19)7-2-3-8(22)9(23)4-7/h2-6,13,15,17,21-26,28-30H,1H3/t6-,13-,15?,17?,21-/m0/s1. The summed E-state index contributed by atoms with van der Waals surface area (Å²) in [6, 6.07) is 4.03. The van der Waals surface area contributed by atoms with Gasteiger partial charge in [-0.05, 0) is 25.1 Å². The molecule has 4 rings (SSSR count). The summed E-state index contributed by atoms with van der Waals surface area (Å²) < 4.78 is 16.4. The Balaban J connectivity index is 1.91. The average molecular weight is 464 g/mol. The lowest BCUT2D eigenvalue weighted by Gasteiger charge is -2.38. The van der Waals surface area contributed by atoms with Crippen LogP contribution in [0, 0.1) is 0 Å². The summed E-state index contributed by atoms with van der Waals surface area (Å²) in [5.41, 5.74) is -1.71. The van der Waals surface area contributed by atoms with Gasteiger partial charge in [0.25, 0.3) is 0 Å². The number of ether oxygens (including phenoxy) is 2. The van der Waals surface area contributed by atoms with Crippen LogP contribution in [-0.4, -0.2) is 71.6 Å². The van der Waals surface area contributed by atoms with Crippen LogP contribution in [0.15, 0.2) is 33.5 Å². The molecule has 12 heteroatoms. The molecular formula is C21H20O12. The van der Waals surface area contributed by atoms with E-state index in [0.29, 0.717) is 0 Å². The molecule has 2 aromatic carbocycles. The van der Waals surface area contributed by atoms with Crippen LogP contribution in [0.2, 0.25) is 0 Å². The average Bonchev–Trinajstić information content (AvgIpc) is 2.76. The maximum absolute atomic E-state index is 12.8. The minimum absolute atomic E-state index is 0.0447. The predicted molar refractivity (Wildman–Crippen MR) is 109 cm³/mol. The first-order valence-corrected chi connectivity index (χ1v) is 9.64. The van der Waals surface area contributed by atoms with Gasteiger partial charge in [0.15, 0.2) is 28.6 Å². The first-order valence-electron chi connectivity index (χ1n) is 9.64. The first kappa shape index (κ1) is 22.5. The third-order valence-corrected chi connectivity index (χ3v) is 5.34. The lowest BCUT2D eigenvalue weighted by atomic mass is 10.00. The Hall–Kier alpha value is -3.71. The molecule has 12 nitrogen and oxygen atoms in total. The molecule has 0 radical (unpaired) electrons. The Morgan fingerprint density at radius 1 is 0.848 bits per heavy atom. The Kier molecular flexibility index (Phi) is 5.46. The fourth-order valence-electron chi connectivity index (χ4n) is 3.50. The van der Waals surface area contributed by atoms with Crippen molar-refractivity contribution >= 4 is 11.0 Å². The van der Waals surface area contributed by atoms with Crippen LogP contribution in [0.3, 0.4) is 0 Å². The zero-order valence-corrected chi connectivity index (χ0v) is 16.9. The van der Waals surface area contributed by atoms with Crippen molar-refractivity contribution in [3.63, 3.8) is 0 Å². The van der Waals surface area contributed by atoms with Gasteiger partial charge in [-0.25, -0.2) is 0 Å². The van der Waals surface area contributed by atoms with Crippen LogP contribution in [0.5, 0.6) is 34.5 Å². The number of rotatable bonds is 3. The molecule has 2 heterocycles. The van der Waals surface area contributed by atoms with E-state index >= 15 is 0 Å². The van der Waals surface area contributed by atoms with Crippen LogP contribution < -0.4 is 10.2 Å². The van der Waals surface area contributed by atoms with Crippen LogP contribution in [0.25, 0.3) is 22.3 Å². The number of aliphatic hydroxyl groups is 3.